The molecule has 1 unspecified atom stereocenters. The maximum atomic E-state index is 6.37. The van der Waals surface area contributed by atoms with E-state index >= 15 is 0 Å². The molecule has 1 atom stereocenters. The first-order chi connectivity index (χ1) is 10.1. The lowest BCUT2D eigenvalue weighted by atomic mass is 10.0. The molecule has 1 N–H and O–H groups in total. The van der Waals surface area contributed by atoms with Gasteiger partial charge >= 0.3 is 0 Å². The molecule has 4 nitrogen and oxygen atoms in total. The number of nitrogens with zero attached hydrogens (tertiary/aromatic N) is 2. The van der Waals surface area contributed by atoms with Crippen molar-refractivity contribution >= 4 is 23.2 Å². The fraction of sp³-hybridized carbons (Fsp3) is 0.400. The molecule has 0 radical (unpaired) electrons. The number of ether oxygens (including phenoxy) is 1. The third-order valence-corrected chi connectivity index (χ3v) is 3.99. The molecular formula is C15H19Cl2N3O. The summed E-state index contributed by atoms with van der Waals surface area (Å²) in [6.07, 6.45) is 1.72. The van der Waals surface area contributed by atoms with E-state index in [1.165, 1.54) is 0 Å². The quantitative estimate of drug-likeness (QED) is 0.874. The molecular weight excluding hydrogens is 309 g/mol. The van der Waals surface area contributed by atoms with E-state index in [4.69, 9.17) is 27.9 Å². The molecule has 0 saturated heterocycles. The van der Waals surface area contributed by atoms with E-state index in [1.807, 2.05) is 36.7 Å². The molecule has 21 heavy (non-hydrogen) atoms. The molecule has 0 amide bonds. The summed E-state index contributed by atoms with van der Waals surface area (Å²) in [7, 11) is 1.64. The highest BCUT2D eigenvalue weighted by Crippen LogP contribution is 2.37. The molecule has 0 aliphatic heterocycles. The molecule has 0 saturated carbocycles. The van der Waals surface area contributed by atoms with Crippen molar-refractivity contribution < 1.29 is 4.74 Å². The number of rotatable bonds is 6. The topological polar surface area (TPSA) is 39.1 Å². The summed E-state index contributed by atoms with van der Waals surface area (Å²) >= 11 is 12.7. The van der Waals surface area contributed by atoms with E-state index in [-0.39, 0.29) is 6.04 Å². The summed E-state index contributed by atoms with van der Waals surface area (Å²) in [5, 5.41) is 9.03. The van der Waals surface area contributed by atoms with Crippen LogP contribution in [0.1, 0.15) is 31.1 Å². The zero-order valence-corrected chi connectivity index (χ0v) is 13.9. The van der Waals surface area contributed by atoms with Crippen molar-refractivity contribution in [1.29, 1.82) is 0 Å². The zero-order chi connectivity index (χ0) is 15.4. The van der Waals surface area contributed by atoms with Crippen LogP contribution in [0, 0.1) is 0 Å². The second-order valence-corrected chi connectivity index (χ2v) is 5.35. The summed E-state index contributed by atoms with van der Waals surface area (Å²) in [6, 6.07) is 5.35. The molecule has 1 heterocycles. The third-order valence-electron chi connectivity index (χ3n) is 3.33. The van der Waals surface area contributed by atoms with Gasteiger partial charge in [-0.3, -0.25) is 4.68 Å². The SMILES string of the molecule is CCNC(c1c(Cl)cccc1Cl)c1c(OC)cnn1CC. The van der Waals surface area contributed by atoms with Gasteiger partial charge in [0.05, 0.1) is 19.3 Å². The highest BCUT2D eigenvalue weighted by molar-refractivity contribution is 6.36. The largest absolute Gasteiger partial charge is 0.493 e. The molecule has 0 aliphatic rings. The van der Waals surface area contributed by atoms with Gasteiger partial charge in [-0.2, -0.15) is 5.10 Å². The van der Waals surface area contributed by atoms with Crippen molar-refractivity contribution in [2.45, 2.75) is 26.4 Å². The normalized spacial score (nSPS) is 12.4. The van der Waals surface area contributed by atoms with Crippen LogP contribution in [0.3, 0.4) is 0 Å². The van der Waals surface area contributed by atoms with Gasteiger partial charge in [0.25, 0.3) is 0 Å². The minimum atomic E-state index is -0.173. The van der Waals surface area contributed by atoms with Gasteiger partial charge < -0.3 is 10.1 Å². The van der Waals surface area contributed by atoms with Crippen LogP contribution < -0.4 is 10.1 Å². The van der Waals surface area contributed by atoms with Crippen LogP contribution in [0.4, 0.5) is 0 Å². The Morgan fingerprint density at radius 3 is 2.48 bits per heavy atom. The predicted octanol–water partition coefficient (Wildman–Crippen LogP) is 3.92. The molecule has 0 fully saturated rings. The van der Waals surface area contributed by atoms with Gasteiger partial charge in [0.2, 0.25) is 0 Å². The Hall–Kier alpha value is -1.23. The van der Waals surface area contributed by atoms with Gasteiger partial charge in [-0.05, 0) is 25.6 Å². The Balaban J connectivity index is 2.61. The number of nitrogens with one attached hydrogen (secondary N) is 1. The lowest BCUT2D eigenvalue weighted by molar-refractivity contribution is 0.399. The number of aromatic nitrogens is 2. The van der Waals surface area contributed by atoms with Crippen LogP contribution in [0.15, 0.2) is 24.4 Å². The molecule has 2 aromatic rings. The molecule has 0 spiro atoms. The maximum Gasteiger partial charge on any atom is 0.161 e. The monoisotopic (exact) mass is 327 g/mol. The molecule has 1 aromatic heterocycles. The minimum Gasteiger partial charge on any atom is -0.493 e. The highest BCUT2D eigenvalue weighted by Gasteiger charge is 2.26. The minimum absolute atomic E-state index is 0.173. The Bertz CT molecular complexity index is 571. The van der Waals surface area contributed by atoms with Gasteiger partial charge in [-0.25, -0.2) is 0 Å². The Kier molecular flexibility index (Phi) is 5.51. The molecule has 0 aliphatic carbocycles. The lowest BCUT2D eigenvalue weighted by Crippen LogP contribution is -2.26. The van der Waals surface area contributed by atoms with Crippen LogP contribution in [-0.4, -0.2) is 23.4 Å². The maximum absolute atomic E-state index is 6.37. The number of benzene rings is 1. The van der Waals surface area contributed by atoms with E-state index in [2.05, 4.69) is 10.4 Å². The van der Waals surface area contributed by atoms with Gasteiger partial charge in [-0.1, -0.05) is 36.2 Å². The average molecular weight is 328 g/mol. The second kappa shape index (κ2) is 7.16. The van der Waals surface area contributed by atoms with Crippen molar-refractivity contribution in [2.75, 3.05) is 13.7 Å². The van der Waals surface area contributed by atoms with Crippen molar-refractivity contribution in [3.8, 4) is 5.75 Å². The van der Waals surface area contributed by atoms with Crippen LogP contribution in [0.2, 0.25) is 10.0 Å². The number of hydrogen-bond acceptors (Lipinski definition) is 3. The fourth-order valence-electron chi connectivity index (χ4n) is 2.40. The molecule has 6 heteroatoms. The summed E-state index contributed by atoms with van der Waals surface area (Å²) in [4.78, 5) is 0. The first-order valence-corrected chi connectivity index (χ1v) is 7.66. The van der Waals surface area contributed by atoms with Crippen LogP contribution in [-0.2, 0) is 6.54 Å². The fourth-order valence-corrected chi connectivity index (χ4v) is 3.02. The van der Waals surface area contributed by atoms with Crippen molar-refractivity contribution in [1.82, 2.24) is 15.1 Å². The average Bonchev–Trinajstić information content (AvgIpc) is 2.88. The van der Waals surface area contributed by atoms with Crippen LogP contribution in [0.5, 0.6) is 5.75 Å². The molecule has 0 bridgehead atoms. The Morgan fingerprint density at radius 2 is 1.95 bits per heavy atom. The van der Waals surface area contributed by atoms with Crippen molar-refractivity contribution in [3.63, 3.8) is 0 Å². The van der Waals surface area contributed by atoms with Gasteiger partial charge in [0, 0.05) is 22.2 Å². The van der Waals surface area contributed by atoms with E-state index < -0.39 is 0 Å². The number of hydrogen-bond donors (Lipinski definition) is 1. The number of halogens is 2. The molecule has 2 rings (SSSR count). The summed E-state index contributed by atoms with van der Waals surface area (Å²) in [6.45, 7) is 5.58. The highest BCUT2D eigenvalue weighted by atomic mass is 35.5. The summed E-state index contributed by atoms with van der Waals surface area (Å²) in [5.74, 6) is 0.721. The van der Waals surface area contributed by atoms with Crippen LogP contribution >= 0.6 is 23.2 Å². The molecule has 114 valence electrons. The smallest absolute Gasteiger partial charge is 0.161 e. The first kappa shape index (κ1) is 16.1. The first-order valence-electron chi connectivity index (χ1n) is 6.90. The second-order valence-electron chi connectivity index (χ2n) is 4.54. The zero-order valence-electron chi connectivity index (χ0n) is 12.4. The van der Waals surface area contributed by atoms with Crippen LogP contribution in [0.25, 0.3) is 0 Å². The lowest BCUT2D eigenvalue weighted by Gasteiger charge is -2.22. The number of aryl methyl sites for hydroxylation is 1. The number of methoxy groups -OCH3 is 1. The predicted molar refractivity (Wildman–Crippen MR) is 86.4 cm³/mol. The van der Waals surface area contributed by atoms with E-state index in [0.29, 0.717) is 10.0 Å². The van der Waals surface area contributed by atoms with Gasteiger partial charge in [0.1, 0.15) is 5.69 Å². The standard InChI is InChI=1S/C15H19Cl2N3O/c1-4-18-14(13-10(16)7-6-8-11(13)17)15-12(21-3)9-19-20(15)5-2/h6-9,14,18H,4-5H2,1-3H3. The summed E-state index contributed by atoms with van der Waals surface area (Å²) < 4.78 is 7.34. The van der Waals surface area contributed by atoms with Crippen molar-refractivity contribution in [3.05, 3.63) is 45.7 Å². The van der Waals surface area contributed by atoms with Gasteiger partial charge in [0.15, 0.2) is 5.75 Å². The molecule has 1 aromatic carbocycles. The van der Waals surface area contributed by atoms with Crippen molar-refractivity contribution in [2.24, 2.45) is 0 Å². The van der Waals surface area contributed by atoms with E-state index in [1.54, 1.807) is 13.3 Å². The van der Waals surface area contributed by atoms with Gasteiger partial charge in [-0.15, -0.1) is 0 Å². The summed E-state index contributed by atoms with van der Waals surface area (Å²) in [5.41, 5.74) is 1.77. The van der Waals surface area contributed by atoms with E-state index in [9.17, 15) is 0 Å². The Labute approximate surface area is 135 Å². The Morgan fingerprint density at radius 1 is 1.29 bits per heavy atom. The van der Waals surface area contributed by atoms with E-state index in [0.717, 1.165) is 30.1 Å². The third kappa shape index (κ3) is 3.18.